The van der Waals surface area contributed by atoms with E-state index in [2.05, 4.69) is 23.7 Å². The van der Waals surface area contributed by atoms with Gasteiger partial charge in [0.25, 0.3) is 0 Å². The fourth-order valence-electron chi connectivity index (χ4n) is 1.30. The van der Waals surface area contributed by atoms with Crippen molar-refractivity contribution in [3.8, 4) is 23.7 Å². The van der Waals surface area contributed by atoms with Gasteiger partial charge in [0.05, 0.1) is 6.61 Å². The predicted octanol–water partition coefficient (Wildman–Crippen LogP) is 1.91. The number of carbonyl (C=O) groups is 1. The van der Waals surface area contributed by atoms with E-state index in [1.165, 1.54) is 18.2 Å². The van der Waals surface area contributed by atoms with Crippen molar-refractivity contribution >= 4 is 5.97 Å². The minimum absolute atomic E-state index is 0.0417. The maximum atomic E-state index is 11.5. The summed E-state index contributed by atoms with van der Waals surface area (Å²) in [6.45, 7) is 3.50. The van der Waals surface area contributed by atoms with Crippen LogP contribution in [0.5, 0.6) is 0 Å². The number of aliphatic hydroxyl groups is 2. The van der Waals surface area contributed by atoms with Gasteiger partial charge in [-0.25, -0.2) is 4.79 Å². The fraction of sp³-hybridized carbons (Fsp3) is 0.316. The molecule has 0 rings (SSSR count). The Labute approximate surface area is 137 Å². The Morgan fingerprint density at radius 3 is 2.43 bits per heavy atom. The molecule has 0 saturated heterocycles. The Morgan fingerprint density at radius 2 is 1.83 bits per heavy atom. The van der Waals surface area contributed by atoms with Crippen LogP contribution in [-0.2, 0) is 9.53 Å². The van der Waals surface area contributed by atoms with Gasteiger partial charge in [-0.3, -0.25) is 0 Å². The third-order valence-electron chi connectivity index (χ3n) is 2.22. The zero-order chi connectivity index (χ0) is 17.3. The average Bonchev–Trinajstić information content (AvgIpc) is 2.48. The molecule has 2 N–H and O–H groups in total. The molecule has 1 atom stereocenters. The van der Waals surface area contributed by atoms with Gasteiger partial charge in [-0.05, 0) is 43.9 Å². The molecule has 0 radical (unpaired) electrons. The van der Waals surface area contributed by atoms with Gasteiger partial charge in [0.2, 0.25) is 0 Å². The lowest BCUT2D eigenvalue weighted by molar-refractivity contribution is -0.141. The van der Waals surface area contributed by atoms with Crippen molar-refractivity contribution in [2.24, 2.45) is 0 Å². The van der Waals surface area contributed by atoms with E-state index in [1.807, 2.05) is 13.8 Å². The van der Waals surface area contributed by atoms with Crippen molar-refractivity contribution in [2.45, 2.75) is 26.4 Å². The zero-order valence-electron chi connectivity index (χ0n) is 13.5. The molecule has 0 unspecified atom stereocenters. The van der Waals surface area contributed by atoms with Crippen LogP contribution in [0, 0.1) is 23.7 Å². The summed E-state index contributed by atoms with van der Waals surface area (Å²) in [6, 6.07) is 0. The van der Waals surface area contributed by atoms with Crippen LogP contribution >= 0.6 is 0 Å². The van der Waals surface area contributed by atoms with Gasteiger partial charge < -0.3 is 14.9 Å². The molecule has 0 saturated carbocycles. The van der Waals surface area contributed by atoms with E-state index < -0.39 is 12.1 Å². The van der Waals surface area contributed by atoms with E-state index >= 15 is 0 Å². The van der Waals surface area contributed by atoms with Crippen LogP contribution < -0.4 is 0 Å². The van der Waals surface area contributed by atoms with E-state index in [0.29, 0.717) is 6.42 Å². The predicted molar refractivity (Wildman–Crippen MR) is 91.1 cm³/mol. The van der Waals surface area contributed by atoms with Crippen LogP contribution in [-0.4, -0.2) is 35.5 Å². The van der Waals surface area contributed by atoms with Gasteiger partial charge in [0.1, 0.15) is 6.10 Å². The van der Waals surface area contributed by atoms with Crippen LogP contribution in [0.4, 0.5) is 0 Å². The quantitative estimate of drug-likeness (QED) is 0.326. The van der Waals surface area contributed by atoms with E-state index in [9.17, 15) is 4.79 Å². The highest BCUT2D eigenvalue weighted by atomic mass is 16.5. The fourth-order valence-corrected chi connectivity index (χ4v) is 1.30. The number of allylic oxidation sites excluding steroid dienone is 5. The number of ether oxygens (including phenoxy) is 1. The first-order valence-corrected chi connectivity index (χ1v) is 7.16. The Bertz CT molecular complexity index is 582. The number of carbonyl (C=O) groups excluding carboxylic acids is 1. The number of esters is 1. The van der Waals surface area contributed by atoms with Crippen molar-refractivity contribution < 1.29 is 19.7 Å². The smallest absolute Gasteiger partial charge is 0.331 e. The molecule has 4 nitrogen and oxygen atoms in total. The minimum Gasteiger partial charge on any atom is -0.455 e. The van der Waals surface area contributed by atoms with Gasteiger partial charge in [0.15, 0.2) is 0 Å². The molecule has 0 aliphatic heterocycles. The molecule has 23 heavy (non-hydrogen) atoms. The summed E-state index contributed by atoms with van der Waals surface area (Å²) in [6.07, 6.45) is 11.0. The lowest BCUT2D eigenvalue weighted by Crippen LogP contribution is -2.16. The second kappa shape index (κ2) is 14.4. The van der Waals surface area contributed by atoms with E-state index in [-0.39, 0.29) is 13.2 Å². The Balaban J connectivity index is 4.45. The summed E-state index contributed by atoms with van der Waals surface area (Å²) in [4.78, 5) is 11.5. The first-order chi connectivity index (χ1) is 11.1. The molecule has 0 spiro atoms. The van der Waals surface area contributed by atoms with Crippen LogP contribution in [0.1, 0.15) is 20.3 Å². The molecule has 0 aliphatic carbocycles. The molecular weight excluding hydrogens is 292 g/mol. The summed E-state index contributed by atoms with van der Waals surface area (Å²) in [5.41, 5.74) is 0.854. The standard InChI is InChI=1S/C19H22O4/c1-17(2)16-19(22)23-18(13-15-21)12-10-8-6-4-3-5-7-9-11-14-20/h6,8-12,16,18,20-21H,13-15H2,1-2H3/b8-6-,11-9+,12-10-/t18-/m1/s1. The highest BCUT2D eigenvalue weighted by Gasteiger charge is 2.08. The lowest BCUT2D eigenvalue weighted by atomic mass is 10.2. The second-order valence-electron chi connectivity index (χ2n) is 4.58. The van der Waals surface area contributed by atoms with Crippen LogP contribution in [0.2, 0.25) is 0 Å². The molecule has 4 heteroatoms. The molecule has 0 aromatic heterocycles. The molecular formula is C19H22O4. The first-order valence-electron chi connectivity index (χ1n) is 7.16. The van der Waals surface area contributed by atoms with Gasteiger partial charge in [-0.15, -0.1) is 0 Å². The van der Waals surface area contributed by atoms with E-state index in [4.69, 9.17) is 14.9 Å². The number of hydrogen-bond donors (Lipinski definition) is 2. The lowest BCUT2D eigenvalue weighted by Gasteiger charge is -2.11. The van der Waals surface area contributed by atoms with E-state index in [0.717, 1.165) is 5.57 Å². The summed E-state index contributed by atoms with van der Waals surface area (Å²) < 4.78 is 5.20. The topological polar surface area (TPSA) is 66.8 Å². The van der Waals surface area contributed by atoms with E-state index in [1.54, 1.807) is 24.3 Å². The largest absolute Gasteiger partial charge is 0.455 e. The Kier molecular flexibility index (Phi) is 12.8. The van der Waals surface area contributed by atoms with Gasteiger partial charge in [0, 0.05) is 19.1 Å². The third kappa shape index (κ3) is 14.2. The average molecular weight is 314 g/mol. The van der Waals surface area contributed by atoms with Gasteiger partial charge in [-0.2, -0.15) is 0 Å². The molecule has 0 amide bonds. The van der Waals surface area contributed by atoms with Gasteiger partial charge in [-0.1, -0.05) is 35.6 Å². The van der Waals surface area contributed by atoms with Crippen molar-refractivity contribution in [2.75, 3.05) is 13.2 Å². The highest BCUT2D eigenvalue weighted by molar-refractivity contribution is 5.82. The summed E-state index contributed by atoms with van der Waals surface area (Å²) in [5, 5.41) is 17.5. The minimum atomic E-state index is -0.482. The zero-order valence-corrected chi connectivity index (χ0v) is 13.5. The SMILES string of the molecule is CC(C)=CC(=O)O[C@H](/C=C\C=C/C#CC#C/C=C/CO)CCO. The Hall–Kier alpha value is -2.53. The molecule has 122 valence electrons. The number of aliphatic hydroxyl groups excluding tert-OH is 2. The number of rotatable bonds is 7. The van der Waals surface area contributed by atoms with Crippen molar-refractivity contribution in [3.05, 3.63) is 48.1 Å². The normalized spacial score (nSPS) is 11.7. The van der Waals surface area contributed by atoms with Crippen molar-refractivity contribution in [1.29, 1.82) is 0 Å². The molecule has 0 fully saturated rings. The molecule has 0 bridgehead atoms. The van der Waals surface area contributed by atoms with Crippen LogP contribution in [0.25, 0.3) is 0 Å². The second-order valence-corrected chi connectivity index (χ2v) is 4.58. The monoisotopic (exact) mass is 314 g/mol. The molecule has 0 heterocycles. The summed E-state index contributed by atoms with van der Waals surface area (Å²) in [7, 11) is 0. The van der Waals surface area contributed by atoms with Crippen LogP contribution in [0.3, 0.4) is 0 Å². The summed E-state index contributed by atoms with van der Waals surface area (Å²) >= 11 is 0. The highest BCUT2D eigenvalue weighted by Crippen LogP contribution is 2.03. The molecule has 0 aromatic rings. The van der Waals surface area contributed by atoms with Crippen molar-refractivity contribution in [1.82, 2.24) is 0 Å². The molecule has 0 aromatic carbocycles. The van der Waals surface area contributed by atoms with Crippen molar-refractivity contribution in [3.63, 3.8) is 0 Å². The maximum absolute atomic E-state index is 11.5. The first kappa shape index (κ1) is 20.5. The summed E-state index contributed by atoms with van der Waals surface area (Å²) in [5.74, 6) is 10.1. The van der Waals surface area contributed by atoms with Crippen LogP contribution in [0.15, 0.2) is 48.1 Å². The third-order valence-corrected chi connectivity index (χ3v) is 2.22. The maximum Gasteiger partial charge on any atom is 0.331 e. The number of hydrogen-bond acceptors (Lipinski definition) is 4. The molecule has 0 aliphatic rings. The Morgan fingerprint density at radius 1 is 1.13 bits per heavy atom. The van der Waals surface area contributed by atoms with Gasteiger partial charge >= 0.3 is 5.97 Å².